The first-order valence-corrected chi connectivity index (χ1v) is 11.8. The van der Waals surface area contributed by atoms with Crippen LogP contribution in [0, 0.1) is 0 Å². The monoisotopic (exact) mass is 560 g/mol. The molecule has 1 N–H and O–H groups in total. The number of rotatable bonds is 7. The number of halogens is 3. The SMILES string of the molecule is COc1ccc(N2C(=O)NC(=O)/C(=C/c3cc(Cl)c(OCc4ccc(Cl)cc4Cl)c(OC)c3)C2=O)cc1. The van der Waals surface area contributed by atoms with Gasteiger partial charge in [-0.3, -0.25) is 14.9 Å². The van der Waals surface area contributed by atoms with Gasteiger partial charge in [0.05, 0.1) is 24.9 Å². The van der Waals surface area contributed by atoms with Crippen molar-refractivity contribution in [2.24, 2.45) is 0 Å². The summed E-state index contributed by atoms with van der Waals surface area (Å²) in [7, 11) is 2.92. The van der Waals surface area contributed by atoms with Gasteiger partial charge in [0.25, 0.3) is 11.8 Å². The van der Waals surface area contributed by atoms with Crippen LogP contribution in [0.15, 0.2) is 60.2 Å². The van der Waals surface area contributed by atoms with Crippen molar-refractivity contribution >= 4 is 64.4 Å². The Morgan fingerprint density at radius 1 is 0.892 bits per heavy atom. The van der Waals surface area contributed by atoms with E-state index in [4.69, 9.17) is 49.0 Å². The highest BCUT2D eigenvalue weighted by atomic mass is 35.5. The fourth-order valence-electron chi connectivity index (χ4n) is 3.54. The largest absolute Gasteiger partial charge is 0.497 e. The van der Waals surface area contributed by atoms with Gasteiger partial charge >= 0.3 is 6.03 Å². The van der Waals surface area contributed by atoms with E-state index in [2.05, 4.69) is 5.32 Å². The van der Waals surface area contributed by atoms with Crippen LogP contribution in [0.4, 0.5) is 10.5 Å². The first-order chi connectivity index (χ1) is 17.7. The molecule has 1 aliphatic heterocycles. The highest BCUT2D eigenvalue weighted by Crippen LogP contribution is 2.38. The van der Waals surface area contributed by atoms with Crippen LogP contribution in [0.3, 0.4) is 0 Å². The van der Waals surface area contributed by atoms with Gasteiger partial charge in [-0.05, 0) is 60.2 Å². The second-order valence-corrected chi connectivity index (χ2v) is 8.97. The number of nitrogens with one attached hydrogen (secondary N) is 1. The zero-order valence-electron chi connectivity index (χ0n) is 19.5. The van der Waals surface area contributed by atoms with Crippen molar-refractivity contribution in [1.82, 2.24) is 5.32 Å². The van der Waals surface area contributed by atoms with Gasteiger partial charge in [-0.2, -0.15) is 0 Å². The number of amides is 4. The van der Waals surface area contributed by atoms with E-state index >= 15 is 0 Å². The Labute approximate surface area is 227 Å². The van der Waals surface area contributed by atoms with Gasteiger partial charge in [-0.15, -0.1) is 0 Å². The molecule has 8 nitrogen and oxygen atoms in total. The third kappa shape index (κ3) is 5.67. The van der Waals surface area contributed by atoms with Crippen LogP contribution < -0.4 is 24.4 Å². The first kappa shape index (κ1) is 26.3. The number of methoxy groups -OCH3 is 2. The van der Waals surface area contributed by atoms with Crippen molar-refractivity contribution in [3.63, 3.8) is 0 Å². The van der Waals surface area contributed by atoms with Gasteiger partial charge in [0.15, 0.2) is 11.5 Å². The van der Waals surface area contributed by atoms with Crippen molar-refractivity contribution < 1.29 is 28.6 Å². The van der Waals surface area contributed by atoms with Crippen LogP contribution in [0.1, 0.15) is 11.1 Å². The van der Waals surface area contributed by atoms with Crippen molar-refractivity contribution in [1.29, 1.82) is 0 Å². The van der Waals surface area contributed by atoms with E-state index in [1.54, 1.807) is 36.4 Å². The molecule has 1 fully saturated rings. The van der Waals surface area contributed by atoms with Crippen molar-refractivity contribution in [3.05, 3.63) is 86.4 Å². The van der Waals surface area contributed by atoms with E-state index in [-0.39, 0.29) is 34.4 Å². The van der Waals surface area contributed by atoms with Gasteiger partial charge in [-0.25, -0.2) is 9.69 Å². The summed E-state index contributed by atoms with van der Waals surface area (Å²) >= 11 is 18.6. The number of carbonyl (C=O) groups excluding carboxylic acids is 3. The Balaban J connectivity index is 1.63. The number of carbonyl (C=O) groups is 3. The van der Waals surface area contributed by atoms with Crippen LogP contribution >= 0.6 is 34.8 Å². The molecular formula is C26H19Cl3N2O6. The Kier molecular flexibility index (Phi) is 7.92. The molecule has 0 bridgehead atoms. The zero-order chi connectivity index (χ0) is 26.7. The molecule has 1 saturated heterocycles. The van der Waals surface area contributed by atoms with Crippen LogP contribution in [0.5, 0.6) is 17.2 Å². The lowest BCUT2D eigenvalue weighted by Gasteiger charge is -2.26. The highest BCUT2D eigenvalue weighted by molar-refractivity contribution is 6.39. The minimum Gasteiger partial charge on any atom is -0.497 e. The number of nitrogens with zero attached hydrogens (tertiary/aromatic N) is 1. The normalized spacial score (nSPS) is 14.6. The Morgan fingerprint density at radius 3 is 2.27 bits per heavy atom. The number of anilines is 1. The molecule has 190 valence electrons. The summed E-state index contributed by atoms with van der Waals surface area (Å²) in [6, 6.07) is 13.5. The molecule has 0 aliphatic carbocycles. The number of ether oxygens (including phenoxy) is 3. The number of hydrogen-bond donors (Lipinski definition) is 1. The zero-order valence-corrected chi connectivity index (χ0v) is 21.8. The molecule has 0 aromatic heterocycles. The second-order valence-electron chi connectivity index (χ2n) is 7.71. The summed E-state index contributed by atoms with van der Waals surface area (Å²) in [4.78, 5) is 39.0. The number of hydrogen-bond acceptors (Lipinski definition) is 6. The number of urea groups is 1. The molecule has 0 unspecified atom stereocenters. The van der Waals surface area contributed by atoms with E-state index in [1.807, 2.05) is 0 Å². The number of benzene rings is 3. The maximum Gasteiger partial charge on any atom is 0.335 e. The van der Waals surface area contributed by atoms with Crippen LogP contribution in [0.25, 0.3) is 6.08 Å². The van der Waals surface area contributed by atoms with E-state index in [9.17, 15) is 14.4 Å². The molecule has 37 heavy (non-hydrogen) atoms. The van der Waals surface area contributed by atoms with Crippen LogP contribution in [0.2, 0.25) is 15.1 Å². The van der Waals surface area contributed by atoms with Gasteiger partial charge in [0.1, 0.15) is 17.9 Å². The lowest BCUT2D eigenvalue weighted by Crippen LogP contribution is -2.54. The van der Waals surface area contributed by atoms with E-state index in [0.717, 1.165) is 4.90 Å². The van der Waals surface area contributed by atoms with Crippen LogP contribution in [-0.4, -0.2) is 32.1 Å². The maximum atomic E-state index is 13.2. The van der Waals surface area contributed by atoms with Gasteiger partial charge in [0.2, 0.25) is 0 Å². The summed E-state index contributed by atoms with van der Waals surface area (Å²) in [6.45, 7) is 0.0896. The predicted octanol–water partition coefficient (Wildman–Crippen LogP) is 5.91. The van der Waals surface area contributed by atoms with Crippen molar-refractivity contribution in [2.45, 2.75) is 6.61 Å². The topological polar surface area (TPSA) is 94.2 Å². The fourth-order valence-corrected chi connectivity index (χ4v) is 4.28. The summed E-state index contributed by atoms with van der Waals surface area (Å²) in [5, 5.41) is 3.27. The Bertz CT molecular complexity index is 1420. The van der Waals surface area contributed by atoms with Crippen molar-refractivity contribution in [2.75, 3.05) is 19.1 Å². The van der Waals surface area contributed by atoms with Crippen molar-refractivity contribution in [3.8, 4) is 17.2 Å². The standard InChI is InChI=1S/C26H19Cl3N2O6/c1-35-18-7-5-17(6-8-18)31-25(33)19(24(32)30-26(31)34)9-14-10-21(29)23(22(11-14)36-2)37-13-15-3-4-16(27)12-20(15)28/h3-12H,13H2,1-2H3,(H,30,32,34)/b19-9-. The molecule has 3 aromatic carbocycles. The second kappa shape index (κ2) is 11.1. The lowest BCUT2D eigenvalue weighted by molar-refractivity contribution is -0.122. The first-order valence-electron chi connectivity index (χ1n) is 10.7. The fraction of sp³-hybridized carbons (Fsp3) is 0.115. The van der Waals surface area contributed by atoms with Gasteiger partial charge in [0, 0.05) is 15.6 Å². The lowest BCUT2D eigenvalue weighted by atomic mass is 10.1. The minimum absolute atomic E-state index is 0.0896. The van der Waals surface area contributed by atoms with E-state index < -0.39 is 17.8 Å². The van der Waals surface area contributed by atoms with E-state index in [1.165, 1.54) is 38.5 Å². The number of barbiturate groups is 1. The number of imide groups is 2. The minimum atomic E-state index is -0.863. The molecule has 1 aliphatic rings. The molecule has 0 saturated carbocycles. The van der Waals surface area contributed by atoms with Gasteiger partial charge < -0.3 is 14.2 Å². The Morgan fingerprint density at radius 2 is 1.62 bits per heavy atom. The molecule has 0 atom stereocenters. The maximum absolute atomic E-state index is 13.2. The quantitative estimate of drug-likeness (QED) is 0.285. The molecular weight excluding hydrogens is 543 g/mol. The molecule has 11 heteroatoms. The average molecular weight is 562 g/mol. The molecule has 3 aromatic rings. The molecule has 4 rings (SSSR count). The predicted molar refractivity (Wildman–Crippen MR) is 141 cm³/mol. The molecule has 0 radical (unpaired) electrons. The molecule has 4 amide bonds. The smallest absolute Gasteiger partial charge is 0.335 e. The van der Waals surface area contributed by atoms with Crippen LogP contribution in [-0.2, 0) is 16.2 Å². The highest BCUT2D eigenvalue weighted by Gasteiger charge is 2.37. The third-order valence-corrected chi connectivity index (χ3v) is 6.25. The average Bonchev–Trinajstić information content (AvgIpc) is 2.87. The summed E-state index contributed by atoms with van der Waals surface area (Å²) in [5.74, 6) is -0.593. The summed E-state index contributed by atoms with van der Waals surface area (Å²) in [5.41, 5.74) is 1.06. The van der Waals surface area contributed by atoms with E-state index in [0.29, 0.717) is 26.9 Å². The molecule has 0 spiro atoms. The molecule has 1 heterocycles. The summed E-state index contributed by atoms with van der Waals surface area (Å²) < 4.78 is 16.4. The van der Waals surface area contributed by atoms with Gasteiger partial charge in [-0.1, -0.05) is 40.9 Å². The Hall–Kier alpha value is -3.72. The third-order valence-electron chi connectivity index (χ3n) is 5.38. The summed E-state index contributed by atoms with van der Waals surface area (Å²) in [6.07, 6.45) is 1.31.